The molecule has 0 fully saturated rings. The molecular weight excluding hydrogens is 136 g/mol. The summed E-state index contributed by atoms with van der Waals surface area (Å²) in [5.74, 6) is 0. The Kier molecular flexibility index (Phi) is 1.43. The van der Waals surface area contributed by atoms with E-state index in [1.807, 2.05) is 6.92 Å². The van der Waals surface area contributed by atoms with Crippen molar-refractivity contribution in [3.8, 4) is 0 Å². The first-order valence-corrected chi connectivity index (χ1v) is 3.96. The summed E-state index contributed by atoms with van der Waals surface area (Å²) < 4.78 is 0. The number of nitrogens with two attached hydrogens (primary N) is 1. The van der Waals surface area contributed by atoms with Crippen molar-refractivity contribution in [3.05, 3.63) is 29.1 Å². The largest absolute Gasteiger partial charge is 0.327 e. The fourth-order valence-corrected chi connectivity index (χ4v) is 1.60. The summed E-state index contributed by atoms with van der Waals surface area (Å²) in [7, 11) is 0. The van der Waals surface area contributed by atoms with Crippen LogP contribution < -0.4 is 5.73 Å². The standard InChI is InChI=1S/C9H12N2/c1-6-2-3-7-4-8(10)5-9(7)11-6/h2-3,8H,4-5,10H2,1H3. The fraction of sp³-hybridized carbons (Fsp3) is 0.444. The zero-order valence-corrected chi connectivity index (χ0v) is 6.67. The molecule has 11 heavy (non-hydrogen) atoms. The molecule has 2 heteroatoms. The Labute approximate surface area is 66.4 Å². The Balaban J connectivity index is 2.43. The number of hydrogen-bond donors (Lipinski definition) is 1. The van der Waals surface area contributed by atoms with Gasteiger partial charge in [0.15, 0.2) is 0 Å². The molecule has 0 amide bonds. The van der Waals surface area contributed by atoms with Gasteiger partial charge in [0, 0.05) is 23.9 Å². The summed E-state index contributed by atoms with van der Waals surface area (Å²) >= 11 is 0. The van der Waals surface area contributed by atoms with E-state index < -0.39 is 0 Å². The van der Waals surface area contributed by atoms with E-state index in [4.69, 9.17) is 5.73 Å². The topological polar surface area (TPSA) is 38.9 Å². The molecule has 0 saturated heterocycles. The molecule has 0 saturated carbocycles. The van der Waals surface area contributed by atoms with E-state index in [1.54, 1.807) is 0 Å². The van der Waals surface area contributed by atoms with Crippen LogP contribution in [0.15, 0.2) is 12.1 Å². The van der Waals surface area contributed by atoms with Gasteiger partial charge >= 0.3 is 0 Å². The summed E-state index contributed by atoms with van der Waals surface area (Å²) in [6.07, 6.45) is 1.96. The van der Waals surface area contributed by atoms with Crippen LogP contribution in [-0.4, -0.2) is 11.0 Å². The Hall–Kier alpha value is -0.890. The summed E-state index contributed by atoms with van der Waals surface area (Å²) in [5, 5.41) is 0. The van der Waals surface area contributed by atoms with Crippen molar-refractivity contribution in [2.45, 2.75) is 25.8 Å². The molecule has 1 aliphatic rings. The van der Waals surface area contributed by atoms with Crippen molar-refractivity contribution in [2.75, 3.05) is 0 Å². The van der Waals surface area contributed by atoms with E-state index in [2.05, 4.69) is 17.1 Å². The highest BCUT2D eigenvalue weighted by Crippen LogP contribution is 2.18. The van der Waals surface area contributed by atoms with Gasteiger partial charge in [-0.05, 0) is 25.0 Å². The lowest BCUT2D eigenvalue weighted by Gasteiger charge is -1.97. The first-order valence-electron chi connectivity index (χ1n) is 3.96. The van der Waals surface area contributed by atoms with E-state index in [-0.39, 0.29) is 0 Å². The van der Waals surface area contributed by atoms with Gasteiger partial charge in [-0.1, -0.05) is 6.07 Å². The van der Waals surface area contributed by atoms with Crippen LogP contribution in [0.5, 0.6) is 0 Å². The van der Waals surface area contributed by atoms with Crippen molar-refractivity contribution in [3.63, 3.8) is 0 Å². The van der Waals surface area contributed by atoms with Gasteiger partial charge in [-0.2, -0.15) is 0 Å². The summed E-state index contributed by atoms with van der Waals surface area (Å²) in [6, 6.07) is 4.50. The molecule has 58 valence electrons. The van der Waals surface area contributed by atoms with Gasteiger partial charge in [-0.25, -0.2) is 0 Å². The molecule has 0 bridgehead atoms. The monoisotopic (exact) mass is 148 g/mol. The maximum Gasteiger partial charge on any atom is 0.0454 e. The van der Waals surface area contributed by atoms with Gasteiger partial charge in [-0.3, -0.25) is 4.98 Å². The zero-order valence-electron chi connectivity index (χ0n) is 6.67. The number of pyridine rings is 1. The van der Waals surface area contributed by atoms with Crippen molar-refractivity contribution in [1.29, 1.82) is 0 Å². The van der Waals surface area contributed by atoms with Crippen LogP contribution in [0.3, 0.4) is 0 Å². The minimum absolute atomic E-state index is 0.305. The third-order valence-electron chi connectivity index (χ3n) is 2.15. The minimum atomic E-state index is 0.305. The summed E-state index contributed by atoms with van der Waals surface area (Å²) in [6.45, 7) is 2.02. The molecule has 0 aromatic carbocycles. The molecule has 2 N–H and O–H groups in total. The Morgan fingerprint density at radius 1 is 1.45 bits per heavy atom. The van der Waals surface area contributed by atoms with Crippen molar-refractivity contribution < 1.29 is 0 Å². The average molecular weight is 148 g/mol. The fourth-order valence-electron chi connectivity index (χ4n) is 1.60. The molecule has 1 unspecified atom stereocenters. The van der Waals surface area contributed by atoms with Gasteiger partial charge in [0.25, 0.3) is 0 Å². The number of fused-ring (bicyclic) bond motifs is 1. The molecule has 2 rings (SSSR count). The van der Waals surface area contributed by atoms with Gasteiger partial charge in [-0.15, -0.1) is 0 Å². The van der Waals surface area contributed by atoms with Gasteiger partial charge in [0.05, 0.1) is 0 Å². The predicted octanol–water partition coefficient (Wildman–Crippen LogP) is 0.816. The first kappa shape index (κ1) is 6.80. The second-order valence-electron chi connectivity index (χ2n) is 3.23. The molecule has 0 aliphatic heterocycles. The number of nitrogens with zero attached hydrogens (tertiary/aromatic N) is 1. The van der Waals surface area contributed by atoms with Gasteiger partial charge in [0.1, 0.15) is 0 Å². The van der Waals surface area contributed by atoms with E-state index in [0.29, 0.717) is 6.04 Å². The lowest BCUT2D eigenvalue weighted by molar-refractivity contribution is 0.715. The Morgan fingerprint density at radius 3 is 3.09 bits per heavy atom. The second kappa shape index (κ2) is 2.31. The summed E-state index contributed by atoms with van der Waals surface area (Å²) in [5.41, 5.74) is 9.43. The van der Waals surface area contributed by atoms with E-state index in [9.17, 15) is 0 Å². The molecule has 0 radical (unpaired) electrons. The maximum atomic E-state index is 5.80. The van der Waals surface area contributed by atoms with Crippen LogP contribution in [0.4, 0.5) is 0 Å². The smallest absolute Gasteiger partial charge is 0.0454 e. The quantitative estimate of drug-likeness (QED) is 0.591. The van der Waals surface area contributed by atoms with Crippen LogP contribution in [0, 0.1) is 6.92 Å². The van der Waals surface area contributed by atoms with Gasteiger partial charge in [0.2, 0.25) is 0 Å². The van der Waals surface area contributed by atoms with E-state index >= 15 is 0 Å². The third-order valence-corrected chi connectivity index (χ3v) is 2.15. The molecule has 1 aromatic rings. The van der Waals surface area contributed by atoms with Crippen molar-refractivity contribution in [2.24, 2.45) is 5.73 Å². The van der Waals surface area contributed by atoms with Crippen molar-refractivity contribution >= 4 is 0 Å². The highest BCUT2D eigenvalue weighted by atomic mass is 14.8. The average Bonchev–Trinajstić information content (AvgIpc) is 2.27. The molecule has 2 nitrogen and oxygen atoms in total. The first-order chi connectivity index (χ1) is 5.25. The maximum absolute atomic E-state index is 5.80. The highest BCUT2D eigenvalue weighted by molar-refractivity contribution is 5.28. The van der Waals surface area contributed by atoms with Gasteiger partial charge < -0.3 is 5.73 Å². The molecule has 1 aliphatic carbocycles. The lowest BCUT2D eigenvalue weighted by Crippen LogP contribution is -2.19. The number of hydrogen-bond acceptors (Lipinski definition) is 2. The second-order valence-corrected chi connectivity index (χ2v) is 3.23. The van der Waals surface area contributed by atoms with Crippen LogP contribution in [0.1, 0.15) is 17.0 Å². The van der Waals surface area contributed by atoms with Crippen molar-refractivity contribution in [1.82, 2.24) is 4.98 Å². The number of aromatic nitrogens is 1. The van der Waals surface area contributed by atoms with Crippen LogP contribution in [0.2, 0.25) is 0 Å². The predicted molar refractivity (Wildman–Crippen MR) is 44.4 cm³/mol. The highest BCUT2D eigenvalue weighted by Gasteiger charge is 2.18. The van der Waals surface area contributed by atoms with E-state index in [0.717, 1.165) is 18.5 Å². The van der Waals surface area contributed by atoms with Crippen LogP contribution in [-0.2, 0) is 12.8 Å². The zero-order chi connectivity index (χ0) is 7.84. The molecule has 1 aromatic heterocycles. The van der Waals surface area contributed by atoms with E-state index in [1.165, 1.54) is 11.3 Å². The molecule has 1 heterocycles. The number of rotatable bonds is 0. The molecule has 1 atom stereocenters. The Bertz CT molecular complexity index is 281. The summed E-state index contributed by atoms with van der Waals surface area (Å²) in [4.78, 5) is 4.42. The normalized spacial score (nSPS) is 21.8. The molecular formula is C9H12N2. The number of aryl methyl sites for hydroxylation is 1. The lowest BCUT2D eigenvalue weighted by atomic mass is 10.2. The Morgan fingerprint density at radius 2 is 2.27 bits per heavy atom. The SMILES string of the molecule is Cc1ccc2c(n1)CC(N)C2. The van der Waals surface area contributed by atoms with Crippen LogP contribution in [0.25, 0.3) is 0 Å². The third kappa shape index (κ3) is 1.14. The minimum Gasteiger partial charge on any atom is -0.327 e. The molecule has 0 spiro atoms. The van der Waals surface area contributed by atoms with Crippen LogP contribution >= 0.6 is 0 Å².